The molecule has 1 unspecified atom stereocenters. The zero-order valence-electron chi connectivity index (χ0n) is 17.6. The van der Waals surface area contributed by atoms with Gasteiger partial charge in [-0.2, -0.15) is 0 Å². The van der Waals surface area contributed by atoms with Gasteiger partial charge in [0, 0.05) is 11.9 Å². The van der Waals surface area contributed by atoms with Gasteiger partial charge in [-0.1, -0.05) is 30.3 Å². The predicted octanol–water partition coefficient (Wildman–Crippen LogP) is 0.302. The van der Waals surface area contributed by atoms with E-state index in [1.165, 1.54) is 6.07 Å². The number of phenolic OH excluding ortho intramolecular Hbond substituents is 1. The molecule has 2 atom stereocenters. The zero-order chi connectivity index (χ0) is 23.1. The number of rotatable bonds is 8. The van der Waals surface area contributed by atoms with Gasteiger partial charge in [0.05, 0.1) is 11.6 Å². The highest BCUT2D eigenvalue weighted by Gasteiger charge is 2.28. The lowest BCUT2D eigenvalue weighted by Crippen LogP contribution is -2.52. The van der Waals surface area contributed by atoms with Crippen LogP contribution in [0.1, 0.15) is 36.0 Å². The van der Waals surface area contributed by atoms with Gasteiger partial charge in [0.2, 0.25) is 11.8 Å². The van der Waals surface area contributed by atoms with Crippen molar-refractivity contribution in [3.63, 3.8) is 0 Å². The summed E-state index contributed by atoms with van der Waals surface area (Å²) in [7, 11) is 0. The first-order valence-electron chi connectivity index (χ1n) is 10.5. The van der Waals surface area contributed by atoms with Gasteiger partial charge in [-0.25, -0.2) is 0 Å². The number of hydrogen-bond acceptors (Lipinski definition) is 6. The van der Waals surface area contributed by atoms with Crippen LogP contribution in [0.25, 0.3) is 10.8 Å². The second-order valence-electron chi connectivity index (χ2n) is 7.69. The molecular weight excluding hydrogens is 412 g/mol. The number of fused-ring (bicyclic) bond motifs is 1. The summed E-state index contributed by atoms with van der Waals surface area (Å²) >= 11 is 0. The number of nitrogens with two attached hydrogens (primary N) is 1. The van der Waals surface area contributed by atoms with E-state index in [-0.39, 0.29) is 23.7 Å². The molecule has 1 fully saturated rings. The molecule has 1 aliphatic heterocycles. The van der Waals surface area contributed by atoms with Crippen molar-refractivity contribution >= 4 is 34.5 Å². The average molecular weight is 441 g/mol. The van der Waals surface area contributed by atoms with Crippen LogP contribution in [0.5, 0.6) is 5.75 Å². The van der Waals surface area contributed by atoms with E-state index in [4.69, 9.17) is 11.1 Å². The largest absolute Gasteiger partial charge is 0.506 e. The molecule has 32 heavy (non-hydrogen) atoms. The number of amides is 3. The zero-order valence-corrected chi connectivity index (χ0v) is 17.6. The molecule has 0 bridgehead atoms. The molecule has 3 amide bonds. The number of imide groups is 1. The van der Waals surface area contributed by atoms with E-state index in [2.05, 4.69) is 21.3 Å². The maximum atomic E-state index is 12.9. The van der Waals surface area contributed by atoms with Crippen molar-refractivity contribution < 1.29 is 19.5 Å². The fourth-order valence-corrected chi connectivity index (χ4v) is 3.68. The topological polar surface area (TPSA) is 169 Å². The van der Waals surface area contributed by atoms with E-state index in [1.807, 2.05) is 12.1 Å². The highest BCUT2D eigenvalue weighted by atomic mass is 16.3. The molecule has 3 rings (SSSR count). The number of nitrogens with one attached hydrogen (secondary N) is 5. The molecule has 0 aliphatic carbocycles. The number of guanidine groups is 1. The second-order valence-corrected chi connectivity index (χ2v) is 7.69. The summed E-state index contributed by atoms with van der Waals surface area (Å²) in [5.74, 6) is -2.05. The molecule has 170 valence electrons. The number of benzene rings is 2. The summed E-state index contributed by atoms with van der Waals surface area (Å²) in [6.07, 6.45) is 2.11. The first kappa shape index (κ1) is 23.0. The van der Waals surface area contributed by atoms with Crippen LogP contribution in [0.15, 0.2) is 36.4 Å². The molecule has 0 radical (unpaired) electrons. The van der Waals surface area contributed by atoms with Gasteiger partial charge >= 0.3 is 0 Å². The van der Waals surface area contributed by atoms with Gasteiger partial charge in [-0.05, 0) is 43.7 Å². The van der Waals surface area contributed by atoms with Crippen molar-refractivity contribution in [1.29, 1.82) is 5.41 Å². The van der Waals surface area contributed by atoms with E-state index in [9.17, 15) is 19.5 Å². The van der Waals surface area contributed by atoms with E-state index >= 15 is 0 Å². The summed E-state index contributed by atoms with van der Waals surface area (Å²) in [6.45, 7) is 1.04. The molecule has 8 N–H and O–H groups in total. The van der Waals surface area contributed by atoms with Gasteiger partial charge in [0.25, 0.3) is 5.91 Å². The SMILES string of the molecule is N=C(N)NCCCC(NC(=O)c1ccc2ccccc2c1O)C(=O)NC(=O)[C@@H]1CCCN1. The minimum atomic E-state index is -1.01. The third kappa shape index (κ3) is 5.73. The van der Waals surface area contributed by atoms with Crippen LogP contribution >= 0.6 is 0 Å². The predicted molar refractivity (Wildman–Crippen MR) is 120 cm³/mol. The van der Waals surface area contributed by atoms with Crippen LogP contribution in [0.4, 0.5) is 0 Å². The van der Waals surface area contributed by atoms with E-state index in [1.54, 1.807) is 18.2 Å². The molecule has 0 spiro atoms. The Hall–Kier alpha value is -3.66. The van der Waals surface area contributed by atoms with Gasteiger partial charge in [0.15, 0.2) is 5.96 Å². The van der Waals surface area contributed by atoms with Crippen LogP contribution in [-0.2, 0) is 9.59 Å². The number of hydrogen-bond donors (Lipinski definition) is 7. The molecule has 10 nitrogen and oxygen atoms in total. The van der Waals surface area contributed by atoms with Crippen LogP contribution < -0.4 is 27.0 Å². The Bertz CT molecular complexity index is 1020. The Morgan fingerprint density at radius 1 is 1.22 bits per heavy atom. The summed E-state index contributed by atoms with van der Waals surface area (Å²) in [5.41, 5.74) is 5.30. The van der Waals surface area contributed by atoms with Crippen molar-refractivity contribution in [1.82, 2.24) is 21.3 Å². The van der Waals surface area contributed by atoms with E-state index in [0.717, 1.165) is 11.8 Å². The fourth-order valence-electron chi connectivity index (χ4n) is 3.68. The summed E-state index contributed by atoms with van der Waals surface area (Å²) < 4.78 is 0. The van der Waals surface area contributed by atoms with E-state index < -0.39 is 29.8 Å². The van der Waals surface area contributed by atoms with Crippen molar-refractivity contribution in [3.05, 3.63) is 42.0 Å². The average Bonchev–Trinajstić information content (AvgIpc) is 3.31. The number of carbonyl (C=O) groups excluding carboxylic acids is 3. The number of carbonyl (C=O) groups is 3. The highest BCUT2D eigenvalue weighted by Crippen LogP contribution is 2.28. The minimum Gasteiger partial charge on any atom is -0.506 e. The Balaban J connectivity index is 1.72. The monoisotopic (exact) mass is 440 g/mol. The molecule has 0 saturated carbocycles. The Morgan fingerprint density at radius 3 is 2.72 bits per heavy atom. The van der Waals surface area contributed by atoms with Crippen LogP contribution in [0.2, 0.25) is 0 Å². The molecule has 1 aliphatic rings. The first-order chi connectivity index (χ1) is 15.4. The van der Waals surface area contributed by atoms with Crippen molar-refractivity contribution in [3.8, 4) is 5.75 Å². The van der Waals surface area contributed by atoms with Gasteiger partial charge in [-0.3, -0.25) is 25.1 Å². The van der Waals surface area contributed by atoms with E-state index in [0.29, 0.717) is 31.3 Å². The fraction of sp³-hybridized carbons (Fsp3) is 0.364. The number of aromatic hydroxyl groups is 1. The number of phenols is 1. The summed E-state index contributed by atoms with van der Waals surface area (Å²) in [6, 6.07) is 8.87. The normalized spacial score (nSPS) is 16.3. The molecule has 10 heteroatoms. The lowest BCUT2D eigenvalue weighted by Gasteiger charge is -2.20. The molecule has 1 heterocycles. The standard InChI is InChI=1S/C22H28N6O4/c23-22(24)26-12-4-8-17(21(32)28-20(31)16-7-3-11-25-16)27-19(30)15-10-9-13-5-1-2-6-14(13)18(15)29/h1-2,5-6,9-10,16-17,25,29H,3-4,7-8,11-12H2,(H,27,30)(H4,23,24,26)(H,28,31,32)/t16-,17?/m0/s1. The van der Waals surface area contributed by atoms with Crippen molar-refractivity contribution in [2.75, 3.05) is 13.1 Å². The smallest absolute Gasteiger partial charge is 0.255 e. The Morgan fingerprint density at radius 2 is 2.00 bits per heavy atom. The maximum Gasteiger partial charge on any atom is 0.255 e. The summed E-state index contributed by atoms with van der Waals surface area (Å²) in [4.78, 5) is 38.0. The Labute approximate surface area is 185 Å². The van der Waals surface area contributed by atoms with Crippen molar-refractivity contribution in [2.45, 2.75) is 37.8 Å². The molecule has 2 aromatic carbocycles. The lowest BCUT2D eigenvalue weighted by molar-refractivity contribution is -0.132. The second kappa shape index (κ2) is 10.6. The van der Waals surface area contributed by atoms with Crippen LogP contribution in [0, 0.1) is 5.41 Å². The van der Waals surface area contributed by atoms with Gasteiger partial charge < -0.3 is 26.8 Å². The van der Waals surface area contributed by atoms with Crippen molar-refractivity contribution in [2.24, 2.45) is 5.73 Å². The highest BCUT2D eigenvalue weighted by molar-refractivity contribution is 6.06. The first-order valence-corrected chi connectivity index (χ1v) is 10.5. The minimum absolute atomic E-state index is 0.0344. The third-order valence-electron chi connectivity index (χ3n) is 5.38. The lowest BCUT2D eigenvalue weighted by atomic mass is 10.0. The molecular formula is C22H28N6O4. The molecule has 1 saturated heterocycles. The van der Waals surface area contributed by atoms with Gasteiger partial charge in [-0.15, -0.1) is 0 Å². The third-order valence-corrected chi connectivity index (χ3v) is 5.38. The molecule has 0 aromatic heterocycles. The van der Waals surface area contributed by atoms with Crippen LogP contribution in [-0.4, -0.2) is 54.0 Å². The summed E-state index contributed by atoms with van der Waals surface area (Å²) in [5, 5.41) is 29.7. The Kier molecular flexibility index (Phi) is 7.61. The van der Waals surface area contributed by atoms with Crippen LogP contribution in [0.3, 0.4) is 0 Å². The quantitative estimate of drug-likeness (QED) is 0.176. The maximum absolute atomic E-state index is 12.9. The molecule has 2 aromatic rings. The van der Waals surface area contributed by atoms with Gasteiger partial charge in [0.1, 0.15) is 11.8 Å².